The Hall–Kier alpha value is -4.54. The Morgan fingerprint density at radius 3 is 2.42 bits per heavy atom. The Morgan fingerprint density at radius 1 is 1.00 bits per heavy atom. The molecule has 43 heavy (non-hydrogen) atoms. The Bertz CT molecular complexity index is 1670. The summed E-state index contributed by atoms with van der Waals surface area (Å²) in [7, 11) is 0. The van der Waals surface area contributed by atoms with E-state index in [4.69, 9.17) is 13.9 Å². The van der Waals surface area contributed by atoms with Crippen LogP contribution in [-0.2, 0) is 11.3 Å². The summed E-state index contributed by atoms with van der Waals surface area (Å²) in [6.07, 6.45) is -1.51. The molecule has 1 saturated heterocycles. The van der Waals surface area contributed by atoms with Gasteiger partial charge in [-0.1, -0.05) is 12.1 Å². The van der Waals surface area contributed by atoms with E-state index in [-0.39, 0.29) is 47.8 Å². The number of ether oxygens (including phenoxy) is 2. The number of piperidine rings is 1. The second kappa shape index (κ2) is 11.6. The van der Waals surface area contributed by atoms with Gasteiger partial charge in [0.2, 0.25) is 0 Å². The van der Waals surface area contributed by atoms with Crippen LogP contribution in [0.2, 0.25) is 0 Å². The highest BCUT2D eigenvalue weighted by Crippen LogP contribution is 2.38. The Balaban J connectivity index is 1.45. The molecule has 7 nitrogen and oxygen atoms in total. The van der Waals surface area contributed by atoms with Crippen molar-refractivity contribution < 1.29 is 41.0 Å². The van der Waals surface area contributed by atoms with E-state index in [1.165, 1.54) is 41.3 Å². The first-order valence-corrected chi connectivity index (χ1v) is 13.7. The lowest BCUT2D eigenvalue weighted by atomic mass is 10.00. The third-order valence-electron chi connectivity index (χ3n) is 6.77. The molecule has 11 heteroatoms. The number of likely N-dealkylation sites (tertiary alicyclic amines) is 1. The maximum absolute atomic E-state index is 15.5. The van der Waals surface area contributed by atoms with Crippen molar-refractivity contribution in [3.8, 4) is 22.6 Å². The number of hydrogen-bond donors (Lipinski definition) is 1. The monoisotopic (exact) mass is 598 g/mol. The average Bonchev–Trinajstić information content (AvgIpc) is 3.34. The molecule has 4 aromatic rings. The number of rotatable bonds is 6. The molecule has 0 radical (unpaired) electrons. The molecule has 1 fully saturated rings. The van der Waals surface area contributed by atoms with Gasteiger partial charge in [-0.2, -0.15) is 0 Å². The number of nitrogens with zero attached hydrogens (tertiary/aromatic N) is 1. The number of alkyl carbamates (subject to hydrolysis) is 1. The molecular weight excluding hydrogens is 568 g/mol. The standard InChI is InChI=1S/C32H30F4N2O5/c1-31(2,3)43-30(40)37-18-24-14-21-13-20(16-27(28(21)42-24)41-23-6-4-5-22(33)17-23)25-8-7-19(15-26(25)34)29(39)38-11-9-32(35,36)10-12-38/h4-8,13-17H,9-12,18H2,1-3H3,(H,37,40). The summed E-state index contributed by atoms with van der Waals surface area (Å²) in [5, 5.41) is 3.13. The van der Waals surface area contributed by atoms with Crippen molar-refractivity contribution in [3.63, 3.8) is 0 Å². The predicted octanol–water partition coefficient (Wildman–Crippen LogP) is 8.07. The number of carbonyl (C=O) groups is 2. The van der Waals surface area contributed by atoms with Gasteiger partial charge in [0.1, 0.15) is 28.7 Å². The highest BCUT2D eigenvalue weighted by atomic mass is 19.3. The van der Waals surface area contributed by atoms with Crippen LogP contribution in [0.15, 0.2) is 65.1 Å². The van der Waals surface area contributed by atoms with Crippen LogP contribution in [0.3, 0.4) is 0 Å². The maximum Gasteiger partial charge on any atom is 0.408 e. The lowest BCUT2D eigenvalue weighted by Gasteiger charge is -2.31. The van der Waals surface area contributed by atoms with Crippen molar-refractivity contribution in [3.05, 3.63) is 83.6 Å². The first-order chi connectivity index (χ1) is 20.3. The van der Waals surface area contributed by atoms with E-state index in [2.05, 4.69) is 5.32 Å². The molecule has 2 heterocycles. The fraction of sp³-hybridized carbons (Fsp3) is 0.312. The number of amides is 2. The van der Waals surface area contributed by atoms with Crippen LogP contribution in [0, 0.1) is 11.6 Å². The molecule has 0 bridgehead atoms. The van der Waals surface area contributed by atoms with Gasteiger partial charge in [0.05, 0.1) is 6.54 Å². The zero-order chi connectivity index (χ0) is 30.9. The van der Waals surface area contributed by atoms with Crippen LogP contribution in [0.1, 0.15) is 49.7 Å². The van der Waals surface area contributed by atoms with Gasteiger partial charge >= 0.3 is 6.09 Å². The van der Waals surface area contributed by atoms with Crippen LogP contribution in [0.4, 0.5) is 22.4 Å². The van der Waals surface area contributed by atoms with E-state index < -0.39 is 48.0 Å². The normalized spacial score (nSPS) is 14.9. The van der Waals surface area contributed by atoms with Gasteiger partial charge in [-0.25, -0.2) is 22.4 Å². The van der Waals surface area contributed by atoms with Gasteiger partial charge < -0.3 is 24.1 Å². The molecule has 0 atom stereocenters. The second-order valence-corrected chi connectivity index (χ2v) is 11.4. The fourth-order valence-electron chi connectivity index (χ4n) is 4.73. The smallest absolute Gasteiger partial charge is 0.408 e. The predicted molar refractivity (Wildman–Crippen MR) is 151 cm³/mol. The number of furan rings is 1. The number of carbonyl (C=O) groups excluding carboxylic acids is 2. The summed E-state index contributed by atoms with van der Waals surface area (Å²) in [6, 6.07) is 14.2. The molecule has 0 saturated carbocycles. The molecule has 1 aliphatic rings. The number of halogens is 4. The molecule has 0 aliphatic carbocycles. The minimum atomic E-state index is -2.81. The largest absolute Gasteiger partial charge is 0.455 e. The Morgan fingerprint density at radius 2 is 1.74 bits per heavy atom. The van der Waals surface area contributed by atoms with Crippen LogP contribution in [0.5, 0.6) is 11.5 Å². The quantitative estimate of drug-likeness (QED) is 0.227. The van der Waals surface area contributed by atoms with E-state index in [0.717, 1.165) is 6.07 Å². The van der Waals surface area contributed by atoms with E-state index >= 15 is 4.39 Å². The SMILES string of the molecule is CC(C)(C)OC(=O)NCc1cc2cc(-c3ccc(C(=O)N4CCC(F)(F)CC4)cc3F)cc(Oc3cccc(F)c3)c2o1. The first kappa shape index (κ1) is 29.9. The van der Waals surface area contributed by atoms with Crippen LogP contribution in [0.25, 0.3) is 22.1 Å². The number of alkyl halides is 2. The molecule has 3 aromatic carbocycles. The lowest BCUT2D eigenvalue weighted by Crippen LogP contribution is -2.42. The number of hydrogen-bond acceptors (Lipinski definition) is 5. The minimum Gasteiger partial charge on any atom is -0.455 e. The molecule has 5 rings (SSSR count). The number of fused-ring (bicyclic) bond motifs is 1. The molecule has 0 spiro atoms. The third-order valence-corrected chi connectivity index (χ3v) is 6.77. The van der Waals surface area contributed by atoms with Crippen molar-refractivity contribution in [2.24, 2.45) is 0 Å². The summed E-state index contributed by atoms with van der Waals surface area (Å²) in [6.45, 7) is 4.98. The van der Waals surface area contributed by atoms with Crippen LogP contribution >= 0.6 is 0 Å². The van der Waals surface area contributed by atoms with Gasteiger partial charge in [0, 0.05) is 48.5 Å². The van der Waals surface area contributed by atoms with Gasteiger partial charge in [0.15, 0.2) is 11.3 Å². The van der Waals surface area contributed by atoms with Gasteiger partial charge in [-0.05, 0) is 68.8 Å². The summed E-state index contributed by atoms with van der Waals surface area (Å²) in [5.41, 5.74) is 0.152. The maximum atomic E-state index is 15.5. The zero-order valence-corrected chi connectivity index (χ0v) is 23.8. The third kappa shape index (κ3) is 7.28. The van der Waals surface area contributed by atoms with Crippen molar-refractivity contribution in [2.75, 3.05) is 13.1 Å². The molecular formula is C32H30F4N2O5. The van der Waals surface area contributed by atoms with E-state index in [9.17, 15) is 22.8 Å². The topological polar surface area (TPSA) is 81.0 Å². The molecule has 1 aliphatic heterocycles. The fourth-order valence-corrected chi connectivity index (χ4v) is 4.73. The second-order valence-electron chi connectivity index (χ2n) is 11.4. The minimum absolute atomic E-state index is 0.00800. The van der Waals surface area contributed by atoms with E-state index in [1.807, 2.05) is 0 Å². The lowest BCUT2D eigenvalue weighted by molar-refractivity contribution is -0.0494. The summed E-state index contributed by atoms with van der Waals surface area (Å²) in [4.78, 5) is 26.3. The first-order valence-electron chi connectivity index (χ1n) is 13.7. The van der Waals surface area contributed by atoms with Gasteiger partial charge in [-0.15, -0.1) is 0 Å². The molecule has 0 unspecified atom stereocenters. The molecule has 226 valence electrons. The van der Waals surface area contributed by atoms with E-state index in [0.29, 0.717) is 16.7 Å². The summed E-state index contributed by atoms with van der Waals surface area (Å²) < 4.78 is 73.6. The van der Waals surface area contributed by atoms with Crippen molar-refractivity contribution in [1.29, 1.82) is 0 Å². The summed E-state index contributed by atoms with van der Waals surface area (Å²) in [5.74, 6) is -3.87. The average molecular weight is 599 g/mol. The highest BCUT2D eigenvalue weighted by Gasteiger charge is 2.36. The van der Waals surface area contributed by atoms with Crippen LogP contribution < -0.4 is 10.1 Å². The van der Waals surface area contributed by atoms with Crippen molar-refractivity contribution >= 4 is 23.0 Å². The summed E-state index contributed by atoms with van der Waals surface area (Å²) >= 11 is 0. The van der Waals surface area contributed by atoms with Gasteiger partial charge in [0.25, 0.3) is 11.8 Å². The molecule has 2 amide bonds. The molecule has 1 aromatic heterocycles. The number of benzene rings is 3. The van der Waals surface area contributed by atoms with E-state index in [1.54, 1.807) is 39.0 Å². The Kier molecular flexibility index (Phi) is 8.09. The highest BCUT2D eigenvalue weighted by molar-refractivity contribution is 5.95. The Labute approximate surface area is 245 Å². The number of nitrogens with one attached hydrogen (secondary N) is 1. The van der Waals surface area contributed by atoms with Gasteiger partial charge in [-0.3, -0.25) is 4.79 Å². The zero-order valence-electron chi connectivity index (χ0n) is 23.8. The van der Waals surface area contributed by atoms with Crippen LogP contribution in [-0.4, -0.2) is 41.5 Å². The molecule has 1 N–H and O–H groups in total. The van der Waals surface area contributed by atoms with Crippen molar-refractivity contribution in [2.45, 2.75) is 51.7 Å². The van der Waals surface area contributed by atoms with Crippen molar-refractivity contribution in [1.82, 2.24) is 10.2 Å².